The second kappa shape index (κ2) is 13.4. The van der Waals surface area contributed by atoms with E-state index in [1.54, 1.807) is 50.4 Å². The summed E-state index contributed by atoms with van der Waals surface area (Å²) in [6, 6.07) is 11.4. The Morgan fingerprint density at radius 2 is 1.90 bits per heavy atom. The van der Waals surface area contributed by atoms with Crippen molar-refractivity contribution in [3.8, 4) is 5.75 Å². The van der Waals surface area contributed by atoms with Crippen LogP contribution in [0.4, 0.5) is 0 Å². The molecule has 3 aromatic rings. The number of nitrogens with zero attached hydrogens (tertiary/aromatic N) is 3. The molecule has 0 radical (unpaired) electrons. The second-order valence-electron chi connectivity index (χ2n) is 14.1. The van der Waals surface area contributed by atoms with Crippen LogP contribution in [0, 0.1) is 0 Å². The molecule has 5 fully saturated rings. The zero-order valence-electron chi connectivity index (χ0n) is 28.7. The van der Waals surface area contributed by atoms with Gasteiger partial charge in [0.15, 0.2) is 5.60 Å². The summed E-state index contributed by atoms with van der Waals surface area (Å²) < 4.78 is 5.25. The molecule has 2 saturated carbocycles. The summed E-state index contributed by atoms with van der Waals surface area (Å²) >= 11 is 3.27. The van der Waals surface area contributed by atoms with Gasteiger partial charge in [-0.15, -0.1) is 11.8 Å². The summed E-state index contributed by atoms with van der Waals surface area (Å²) in [6.45, 7) is 3.58. The van der Waals surface area contributed by atoms with Crippen LogP contribution in [0.25, 0.3) is 12.2 Å². The maximum atomic E-state index is 14.2. The molecule has 5 heterocycles. The van der Waals surface area contributed by atoms with Gasteiger partial charge in [-0.25, -0.2) is 0 Å². The topological polar surface area (TPSA) is 202 Å². The van der Waals surface area contributed by atoms with Gasteiger partial charge in [0.1, 0.15) is 29.0 Å². The number of carbonyl (C=O) groups excluding carboxylic acids is 3. The normalized spacial score (nSPS) is 32.3. The minimum atomic E-state index is -1.59. The Hall–Kier alpha value is -3.47. The van der Waals surface area contributed by atoms with Crippen molar-refractivity contribution in [1.82, 2.24) is 20.6 Å². The van der Waals surface area contributed by atoms with Crippen LogP contribution in [-0.2, 0) is 14.3 Å². The summed E-state index contributed by atoms with van der Waals surface area (Å²) in [4.78, 5) is 60.4. The predicted octanol–water partition coefficient (Wildman–Crippen LogP) is -0.370. The zero-order valence-corrected chi connectivity index (χ0v) is 32.3. The number of epoxide rings is 1. The summed E-state index contributed by atoms with van der Waals surface area (Å²) in [6.07, 6.45) is 7.86. The number of phenols is 1. The maximum Gasteiger partial charge on any atom is 1.00 e. The van der Waals surface area contributed by atoms with Crippen molar-refractivity contribution in [2.75, 3.05) is 5.75 Å². The monoisotopic (exact) mass is 750 g/mol. The van der Waals surface area contributed by atoms with Gasteiger partial charge in [0.2, 0.25) is 5.91 Å². The Kier molecular flexibility index (Phi) is 9.52. The number of thioether (sulfide) groups is 2. The van der Waals surface area contributed by atoms with Crippen molar-refractivity contribution in [1.29, 1.82) is 0 Å². The van der Waals surface area contributed by atoms with E-state index >= 15 is 0 Å². The Morgan fingerprint density at radius 1 is 1.12 bits per heavy atom. The predicted molar refractivity (Wildman–Crippen MR) is 189 cm³/mol. The van der Waals surface area contributed by atoms with Crippen molar-refractivity contribution in [3.63, 3.8) is 0 Å². The van der Waals surface area contributed by atoms with Crippen molar-refractivity contribution < 1.29 is 58.9 Å². The van der Waals surface area contributed by atoms with Crippen LogP contribution in [0.5, 0.6) is 5.75 Å². The molecular formula is C36H35N6NaO7S2. The van der Waals surface area contributed by atoms with E-state index in [2.05, 4.69) is 20.6 Å². The van der Waals surface area contributed by atoms with Crippen LogP contribution in [0.15, 0.2) is 75.8 Å². The van der Waals surface area contributed by atoms with Crippen molar-refractivity contribution >= 4 is 53.5 Å². The van der Waals surface area contributed by atoms with Crippen LogP contribution < -0.4 is 50.9 Å². The fourth-order valence-electron chi connectivity index (χ4n) is 8.09. The number of carboxylic acid groups (broad SMARTS) is 1. The summed E-state index contributed by atoms with van der Waals surface area (Å²) in [5.41, 5.74) is -2.46. The SMILES string of the molecule is CC1(C)S[C@H]2[C@@H](NC(=O)C(NC(=O)c3ccc(/C=C/c4ccccn4)[nH]c3=O)c3ccc(O)cc3)C(N=NC34CCSC3CC4)C23O[C@@]13C(=O)[O-].[Na+]. The molecule has 2 aliphatic carbocycles. The van der Waals surface area contributed by atoms with Gasteiger partial charge in [0.25, 0.3) is 11.5 Å². The molecule has 8 atom stereocenters. The molecule has 0 bridgehead atoms. The number of rotatable bonds is 10. The number of benzene rings is 1. The number of ether oxygens (including phenoxy) is 1. The van der Waals surface area contributed by atoms with E-state index < -0.39 is 62.7 Å². The molecule has 4 N–H and O–H groups in total. The van der Waals surface area contributed by atoms with Gasteiger partial charge >= 0.3 is 29.6 Å². The van der Waals surface area contributed by atoms with E-state index in [-0.39, 0.29) is 46.4 Å². The molecular weight excluding hydrogens is 716 g/mol. The van der Waals surface area contributed by atoms with Gasteiger partial charge < -0.3 is 35.4 Å². The van der Waals surface area contributed by atoms with Crippen LogP contribution in [0.1, 0.15) is 66.5 Å². The summed E-state index contributed by atoms with van der Waals surface area (Å²) in [5, 5.41) is 37.8. The van der Waals surface area contributed by atoms with E-state index in [1.807, 2.05) is 17.8 Å². The van der Waals surface area contributed by atoms with Gasteiger partial charge in [0, 0.05) is 21.9 Å². The van der Waals surface area contributed by atoms with Gasteiger partial charge in [-0.2, -0.15) is 22.0 Å². The number of amides is 2. The van der Waals surface area contributed by atoms with E-state index in [0.29, 0.717) is 22.2 Å². The zero-order chi connectivity index (χ0) is 35.8. The number of hydrogen-bond acceptors (Lipinski definition) is 12. The number of phenolic OH excluding ortho intramolecular Hbond substituents is 1. The van der Waals surface area contributed by atoms with Crippen LogP contribution in [0.3, 0.4) is 0 Å². The number of nitrogens with one attached hydrogen (secondary N) is 3. The smallest absolute Gasteiger partial charge is 0.547 e. The molecule has 16 heteroatoms. The first kappa shape index (κ1) is 36.9. The second-order valence-corrected chi connectivity index (χ2v) is 17.2. The molecule has 3 aliphatic heterocycles. The molecule has 13 nitrogen and oxygen atoms in total. The van der Waals surface area contributed by atoms with E-state index in [1.165, 1.54) is 42.1 Å². The van der Waals surface area contributed by atoms with Gasteiger partial charge in [-0.1, -0.05) is 18.2 Å². The van der Waals surface area contributed by atoms with Gasteiger partial charge in [-0.3, -0.25) is 19.4 Å². The Bertz CT molecular complexity index is 2050. The fourth-order valence-corrected chi connectivity index (χ4v) is 11.7. The molecule has 8 rings (SSSR count). The van der Waals surface area contributed by atoms with Crippen molar-refractivity contribution in [2.45, 2.75) is 83.2 Å². The molecule has 264 valence electrons. The fraction of sp³-hybridized carbons (Fsp3) is 0.417. The number of azo groups is 1. The minimum absolute atomic E-state index is 0. The van der Waals surface area contributed by atoms with E-state index in [9.17, 15) is 29.4 Å². The van der Waals surface area contributed by atoms with Crippen LogP contribution in [-0.4, -0.2) is 82.7 Å². The number of aliphatic carboxylic acids is 1. The average molecular weight is 751 g/mol. The van der Waals surface area contributed by atoms with E-state index in [4.69, 9.17) is 15.0 Å². The molecule has 5 aliphatic rings. The Labute approximate surface area is 329 Å². The molecule has 2 amide bonds. The summed E-state index contributed by atoms with van der Waals surface area (Å²) in [5.74, 6) is -1.78. The number of H-pyrrole nitrogens is 1. The summed E-state index contributed by atoms with van der Waals surface area (Å²) in [7, 11) is 0. The largest absolute Gasteiger partial charge is 1.00 e. The molecule has 5 unspecified atom stereocenters. The number of pyridine rings is 2. The minimum Gasteiger partial charge on any atom is -0.547 e. The van der Waals surface area contributed by atoms with Gasteiger partial charge in [-0.05, 0) is 93.0 Å². The number of aromatic hydroxyl groups is 1. The quantitative estimate of drug-likeness (QED) is 0.120. The number of carboxylic acids is 1. The third-order valence-corrected chi connectivity index (χ3v) is 14.3. The van der Waals surface area contributed by atoms with Crippen molar-refractivity contribution in [2.24, 2.45) is 10.2 Å². The van der Waals surface area contributed by atoms with Gasteiger partial charge in [0.05, 0.1) is 28.5 Å². The molecule has 1 aromatic carbocycles. The first-order valence-electron chi connectivity index (χ1n) is 16.8. The Balaban J connectivity index is 0.00000420. The number of aromatic nitrogens is 2. The van der Waals surface area contributed by atoms with E-state index in [0.717, 1.165) is 25.0 Å². The number of aromatic amines is 1. The number of carbonyl (C=O) groups is 3. The maximum absolute atomic E-state index is 14.2. The third kappa shape index (κ3) is 5.66. The Morgan fingerprint density at radius 3 is 2.54 bits per heavy atom. The molecule has 1 spiro atoms. The standard InChI is InChI=1S/C36H36N6O7S2.Na/c1-33(2)36(32(47)48)35(49-36)27(41-42-34-15-14-24(34)50-18-16-34)26(28(35)51-33)40-31(46)25(19-6-11-22(43)12-7-19)39-30(45)23-13-10-21(38-29(23)44)9-8-20-5-3-4-17-37-20;/h3-13,17,24-28,43H,14-16,18H2,1-2H3,(H,38,44)(H,39,45)(H,40,46)(H,47,48);/q;+1/p-1/b9-8+,42-41?;/t24?,25?,26-,27?,28-,34?,35?,36-;/m0./s1. The van der Waals surface area contributed by atoms with Crippen LogP contribution in [0.2, 0.25) is 0 Å². The molecule has 52 heavy (non-hydrogen) atoms. The number of hydrogen-bond donors (Lipinski definition) is 4. The average Bonchev–Trinajstić information content (AvgIpc) is 3.73. The van der Waals surface area contributed by atoms with Crippen LogP contribution >= 0.6 is 23.5 Å². The molecule has 3 saturated heterocycles. The molecule has 2 aromatic heterocycles. The third-order valence-electron chi connectivity index (χ3n) is 11.0. The number of fused-ring (bicyclic) bond motifs is 1. The van der Waals surface area contributed by atoms with Crippen molar-refractivity contribution in [3.05, 3.63) is 93.7 Å². The first-order chi connectivity index (χ1) is 24.4. The first-order valence-corrected chi connectivity index (χ1v) is 18.7.